The number of hydrogen-bond acceptors (Lipinski definition) is 4. The van der Waals surface area contributed by atoms with Crippen LogP contribution in [0.2, 0.25) is 0 Å². The van der Waals surface area contributed by atoms with E-state index in [1.54, 1.807) is 0 Å². The normalized spacial score (nSPS) is 11.7. The molecular weight excluding hydrogens is 255 g/mol. The largest absolute Gasteiger partial charge is 0.480 e. The molecule has 0 fully saturated rings. The predicted molar refractivity (Wildman–Crippen MR) is 67.7 cm³/mol. The van der Waals surface area contributed by atoms with Crippen LogP contribution in [0.4, 0.5) is 15.8 Å². The molecule has 7 heteroatoms. The molecule has 102 valence electrons. The summed E-state index contributed by atoms with van der Waals surface area (Å²) in [6.45, 7) is 4.85. The number of nitro benzene ring substituents is 1. The van der Waals surface area contributed by atoms with Gasteiger partial charge in [0.15, 0.2) is 0 Å². The van der Waals surface area contributed by atoms with Crippen molar-refractivity contribution in [2.24, 2.45) is 0 Å². The van der Waals surface area contributed by atoms with E-state index in [1.807, 2.05) is 0 Å². The third-order valence-electron chi connectivity index (χ3n) is 2.50. The molecule has 1 aromatic carbocycles. The van der Waals surface area contributed by atoms with E-state index in [-0.39, 0.29) is 17.7 Å². The Hall–Kier alpha value is -2.44. The van der Waals surface area contributed by atoms with E-state index in [0.29, 0.717) is 0 Å². The highest BCUT2D eigenvalue weighted by atomic mass is 19.1. The Balaban J connectivity index is 3.17. The number of carboxylic acids is 1. The van der Waals surface area contributed by atoms with Gasteiger partial charge in [0.25, 0.3) is 5.69 Å². The molecule has 0 saturated carbocycles. The fourth-order valence-electron chi connectivity index (χ4n) is 1.51. The number of carboxylic acid groups (broad SMARTS) is 1. The van der Waals surface area contributed by atoms with Crippen LogP contribution in [0.15, 0.2) is 24.8 Å². The van der Waals surface area contributed by atoms with E-state index in [9.17, 15) is 19.3 Å². The van der Waals surface area contributed by atoms with Crippen LogP contribution in [-0.2, 0) is 4.79 Å². The zero-order chi connectivity index (χ0) is 14.6. The molecule has 0 heterocycles. The number of aryl methyl sites for hydroxylation is 1. The lowest BCUT2D eigenvalue weighted by Crippen LogP contribution is -2.29. The van der Waals surface area contributed by atoms with Crippen LogP contribution in [0.5, 0.6) is 0 Å². The number of nitro groups is 1. The van der Waals surface area contributed by atoms with E-state index in [1.165, 1.54) is 19.1 Å². The van der Waals surface area contributed by atoms with Crippen molar-refractivity contribution in [2.75, 3.05) is 5.32 Å². The maximum atomic E-state index is 13.3. The fraction of sp³-hybridized carbons (Fsp3) is 0.250. The lowest BCUT2D eigenvalue weighted by atomic mass is 10.1. The minimum Gasteiger partial charge on any atom is -0.480 e. The van der Waals surface area contributed by atoms with Crippen molar-refractivity contribution in [3.05, 3.63) is 46.3 Å². The molecule has 0 radical (unpaired) electrons. The summed E-state index contributed by atoms with van der Waals surface area (Å²) in [5.74, 6) is -1.89. The first-order chi connectivity index (χ1) is 8.86. The zero-order valence-electron chi connectivity index (χ0n) is 10.2. The van der Waals surface area contributed by atoms with Crippen molar-refractivity contribution < 1.29 is 19.2 Å². The summed E-state index contributed by atoms with van der Waals surface area (Å²) < 4.78 is 13.3. The number of halogens is 1. The summed E-state index contributed by atoms with van der Waals surface area (Å²) in [4.78, 5) is 21.0. The molecule has 0 spiro atoms. The van der Waals surface area contributed by atoms with Gasteiger partial charge in [0.1, 0.15) is 17.5 Å². The van der Waals surface area contributed by atoms with E-state index < -0.39 is 28.4 Å². The second kappa shape index (κ2) is 5.94. The summed E-state index contributed by atoms with van der Waals surface area (Å²) >= 11 is 0. The van der Waals surface area contributed by atoms with Crippen LogP contribution in [0.1, 0.15) is 12.0 Å². The Labute approximate surface area is 108 Å². The molecule has 2 N–H and O–H groups in total. The molecule has 0 bridgehead atoms. The molecule has 19 heavy (non-hydrogen) atoms. The van der Waals surface area contributed by atoms with Crippen LogP contribution in [0.25, 0.3) is 0 Å². The third kappa shape index (κ3) is 3.51. The molecule has 1 atom stereocenters. The lowest BCUT2D eigenvalue weighted by Gasteiger charge is -2.14. The second-order valence-electron chi connectivity index (χ2n) is 3.94. The highest BCUT2D eigenvalue weighted by Crippen LogP contribution is 2.28. The minimum atomic E-state index is -1.17. The molecule has 0 amide bonds. The smallest absolute Gasteiger partial charge is 0.326 e. The summed E-state index contributed by atoms with van der Waals surface area (Å²) in [6, 6.07) is 0.929. The van der Waals surface area contributed by atoms with Gasteiger partial charge in [-0.1, -0.05) is 6.08 Å². The Bertz CT molecular complexity index is 531. The van der Waals surface area contributed by atoms with Crippen LogP contribution in [-0.4, -0.2) is 22.0 Å². The second-order valence-corrected chi connectivity index (χ2v) is 3.94. The Morgan fingerprint density at radius 3 is 2.79 bits per heavy atom. The number of nitrogens with one attached hydrogen (secondary N) is 1. The van der Waals surface area contributed by atoms with Gasteiger partial charge in [0, 0.05) is 0 Å². The highest BCUT2D eigenvalue weighted by molar-refractivity contribution is 5.79. The topological polar surface area (TPSA) is 92.5 Å². The van der Waals surface area contributed by atoms with Gasteiger partial charge in [-0.3, -0.25) is 10.1 Å². The predicted octanol–water partition coefficient (Wildman–Crippen LogP) is 2.48. The van der Waals surface area contributed by atoms with E-state index in [4.69, 9.17) is 5.11 Å². The average molecular weight is 268 g/mol. The molecule has 0 saturated heterocycles. The molecule has 0 aromatic heterocycles. The van der Waals surface area contributed by atoms with Crippen molar-refractivity contribution in [3.63, 3.8) is 0 Å². The maximum Gasteiger partial charge on any atom is 0.326 e. The number of anilines is 1. The monoisotopic (exact) mass is 268 g/mol. The summed E-state index contributed by atoms with van der Waals surface area (Å²) in [5, 5.41) is 22.3. The number of benzene rings is 1. The van der Waals surface area contributed by atoms with E-state index >= 15 is 0 Å². The molecule has 1 rings (SSSR count). The van der Waals surface area contributed by atoms with Gasteiger partial charge in [-0.05, 0) is 25.0 Å². The molecule has 1 unspecified atom stereocenters. The van der Waals surface area contributed by atoms with Gasteiger partial charge < -0.3 is 10.4 Å². The van der Waals surface area contributed by atoms with Gasteiger partial charge in [-0.25, -0.2) is 9.18 Å². The van der Waals surface area contributed by atoms with Gasteiger partial charge in [0.2, 0.25) is 0 Å². The Morgan fingerprint density at radius 1 is 1.68 bits per heavy atom. The van der Waals surface area contributed by atoms with Gasteiger partial charge in [-0.2, -0.15) is 0 Å². The molecular formula is C12H13FN2O4. The number of carbonyl (C=O) groups is 1. The molecule has 0 aliphatic rings. The lowest BCUT2D eigenvalue weighted by molar-refractivity contribution is -0.384. The van der Waals surface area contributed by atoms with Crippen LogP contribution >= 0.6 is 0 Å². The number of aliphatic carboxylic acids is 1. The quantitative estimate of drug-likeness (QED) is 0.469. The number of nitrogens with zero attached hydrogens (tertiary/aromatic N) is 1. The summed E-state index contributed by atoms with van der Waals surface area (Å²) in [7, 11) is 0. The van der Waals surface area contributed by atoms with Crippen molar-refractivity contribution in [1.82, 2.24) is 0 Å². The third-order valence-corrected chi connectivity index (χ3v) is 2.50. The maximum absolute atomic E-state index is 13.3. The highest BCUT2D eigenvalue weighted by Gasteiger charge is 2.22. The van der Waals surface area contributed by atoms with Crippen molar-refractivity contribution >= 4 is 17.3 Å². The SMILES string of the molecule is C=CCC(Nc1cc(C)c(F)cc1[N+](=O)[O-])C(=O)O. The Morgan fingerprint density at radius 2 is 2.32 bits per heavy atom. The summed E-state index contributed by atoms with van der Waals surface area (Å²) in [5.41, 5.74) is -0.340. The first-order valence-electron chi connectivity index (χ1n) is 5.41. The molecule has 1 aromatic rings. The van der Waals surface area contributed by atoms with E-state index in [2.05, 4.69) is 11.9 Å². The van der Waals surface area contributed by atoms with Gasteiger partial charge in [-0.15, -0.1) is 6.58 Å². The van der Waals surface area contributed by atoms with Crippen LogP contribution < -0.4 is 5.32 Å². The van der Waals surface area contributed by atoms with Crippen molar-refractivity contribution in [3.8, 4) is 0 Å². The first-order valence-corrected chi connectivity index (χ1v) is 5.41. The standard InChI is InChI=1S/C12H13FN2O4/c1-3-4-9(12(16)17)14-10-5-7(2)8(13)6-11(10)15(18)19/h3,5-6,9,14H,1,4H2,2H3,(H,16,17). The van der Waals surface area contributed by atoms with Crippen LogP contribution in [0.3, 0.4) is 0 Å². The zero-order valence-corrected chi connectivity index (χ0v) is 10.2. The summed E-state index contributed by atoms with van der Waals surface area (Å²) in [6.07, 6.45) is 1.47. The van der Waals surface area contributed by atoms with Crippen molar-refractivity contribution in [1.29, 1.82) is 0 Å². The van der Waals surface area contributed by atoms with Gasteiger partial charge >= 0.3 is 5.97 Å². The average Bonchev–Trinajstić information content (AvgIpc) is 2.32. The fourth-order valence-corrected chi connectivity index (χ4v) is 1.51. The molecule has 0 aliphatic heterocycles. The van der Waals surface area contributed by atoms with Crippen LogP contribution in [0, 0.1) is 22.9 Å². The minimum absolute atomic E-state index is 0.0295. The number of rotatable bonds is 6. The van der Waals surface area contributed by atoms with Gasteiger partial charge in [0.05, 0.1) is 11.0 Å². The first kappa shape index (κ1) is 14.6. The number of hydrogen-bond donors (Lipinski definition) is 2. The molecule has 6 nitrogen and oxygen atoms in total. The van der Waals surface area contributed by atoms with Crippen molar-refractivity contribution in [2.45, 2.75) is 19.4 Å². The van der Waals surface area contributed by atoms with E-state index in [0.717, 1.165) is 6.07 Å². The molecule has 0 aliphatic carbocycles. The Kier molecular flexibility index (Phi) is 4.57.